The van der Waals surface area contributed by atoms with Crippen molar-refractivity contribution in [1.82, 2.24) is 20.4 Å². The molecule has 1 aliphatic heterocycles. The molecule has 1 fully saturated rings. The number of hydrogen-bond acceptors (Lipinski definition) is 4. The average molecular weight is 560 g/mol. The first-order valence-corrected chi connectivity index (χ1v) is 11.6. The number of aliphatic imine (C=N–C) groups is 1. The molecule has 0 aliphatic carbocycles. The van der Waals surface area contributed by atoms with Crippen LogP contribution in [0.4, 0.5) is 0 Å². The van der Waals surface area contributed by atoms with Gasteiger partial charge in [0.2, 0.25) is 5.91 Å². The number of ether oxygens (including phenoxy) is 1. The van der Waals surface area contributed by atoms with Gasteiger partial charge in [-0.3, -0.25) is 9.69 Å². The van der Waals surface area contributed by atoms with Crippen LogP contribution < -0.4 is 10.6 Å². The molecule has 1 amide bonds. The molecule has 0 bridgehead atoms. The molecule has 2 atom stereocenters. The minimum atomic E-state index is -0.0156. The van der Waals surface area contributed by atoms with Crippen LogP contribution in [-0.2, 0) is 9.53 Å². The summed E-state index contributed by atoms with van der Waals surface area (Å²) in [5.41, 5.74) is 1.18. The van der Waals surface area contributed by atoms with Gasteiger partial charge in [-0.15, -0.1) is 24.0 Å². The highest BCUT2D eigenvalue weighted by molar-refractivity contribution is 14.0. The van der Waals surface area contributed by atoms with Gasteiger partial charge in [0.05, 0.1) is 19.3 Å². The molecule has 1 saturated heterocycles. The number of carbonyl (C=O) groups is 1. The smallest absolute Gasteiger partial charge is 0.243 e. The standard InChI is InChI=1S/C24H41N5O2.HI/c1-6-20(7-2)22(29-13-15-31-16-14-29)17-25-24(26-18-23(30)28(4)5)27-19(3)21-11-9-8-10-12-21;/h8-12,19-20,22H,6-7,13-18H2,1-5H3,(H2,25,26,27);1H. The Morgan fingerprint density at radius 3 is 2.34 bits per heavy atom. The first kappa shape index (κ1) is 28.6. The Morgan fingerprint density at radius 1 is 1.16 bits per heavy atom. The zero-order valence-corrected chi connectivity index (χ0v) is 22.7. The van der Waals surface area contributed by atoms with E-state index in [1.54, 1.807) is 19.0 Å². The summed E-state index contributed by atoms with van der Waals surface area (Å²) in [5, 5.41) is 7.03. The number of nitrogens with one attached hydrogen (secondary N) is 2. The van der Waals surface area contributed by atoms with Gasteiger partial charge in [-0.05, 0) is 18.4 Å². The molecule has 1 aromatic carbocycles. The molecule has 0 saturated carbocycles. The van der Waals surface area contributed by atoms with Crippen molar-refractivity contribution in [2.45, 2.75) is 45.7 Å². The van der Waals surface area contributed by atoms with Gasteiger partial charge in [-0.1, -0.05) is 57.0 Å². The molecule has 2 rings (SSSR count). The Hall–Kier alpha value is -1.39. The van der Waals surface area contributed by atoms with Crippen molar-refractivity contribution in [1.29, 1.82) is 0 Å². The Kier molecular flexibility index (Phi) is 13.8. The lowest BCUT2D eigenvalue weighted by atomic mass is 9.92. The lowest BCUT2D eigenvalue weighted by Gasteiger charge is -2.39. The zero-order chi connectivity index (χ0) is 22.6. The fourth-order valence-electron chi connectivity index (χ4n) is 4.01. The van der Waals surface area contributed by atoms with Crippen molar-refractivity contribution in [3.8, 4) is 0 Å². The molecule has 0 aromatic heterocycles. The number of guanidine groups is 1. The van der Waals surface area contributed by atoms with Gasteiger partial charge in [0, 0.05) is 39.8 Å². The maximum absolute atomic E-state index is 12.1. The van der Waals surface area contributed by atoms with Gasteiger partial charge in [0.15, 0.2) is 5.96 Å². The minimum Gasteiger partial charge on any atom is -0.379 e. The number of likely N-dealkylation sites (N-methyl/N-ethyl adjacent to an activating group) is 1. The summed E-state index contributed by atoms with van der Waals surface area (Å²) in [7, 11) is 3.51. The van der Waals surface area contributed by atoms with Crippen LogP contribution in [0.2, 0.25) is 0 Å². The summed E-state index contributed by atoms with van der Waals surface area (Å²) < 4.78 is 5.57. The highest BCUT2D eigenvalue weighted by Crippen LogP contribution is 2.19. The molecule has 1 heterocycles. The Morgan fingerprint density at radius 2 is 1.78 bits per heavy atom. The van der Waals surface area contributed by atoms with Crippen LogP contribution in [-0.4, -0.2) is 81.2 Å². The fraction of sp³-hybridized carbons (Fsp3) is 0.667. The lowest BCUT2D eigenvalue weighted by Crippen LogP contribution is -2.53. The number of nitrogens with zero attached hydrogens (tertiary/aromatic N) is 3. The SMILES string of the molecule is CCC(CC)C(CNC(=NCC(=O)N(C)C)NC(C)c1ccccc1)N1CCOCC1.I. The fourth-order valence-corrected chi connectivity index (χ4v) is 4.01. The highest BCUT2D eigenvalue weighted by Gasteiger charge is 2.27. The van der Waals surface area contributed by atoms with Crippen molar-refractivity contribution < 1.29 is 9.53 Å². The third-order valence-corrected chi connectivity index (χ3v) is 6.11. The summed E-state index contributed by atoms with van der Waals surface area (Å²) in [6.45, 7) is 11.1. The molecular weight excluding hydrogens is 517 g/mol. The predicted molar refractivity (Wildman–Crippen MR) is 143 cm³/mol. The summed E-state index contributed by atoms with van der Waals surface area (Å²) in [5.74, 6) is 1.26. The zero-order valence-electron chi connectivity index (χ0n) is 20.3. The molecule has 0 spiro atoms. The first-order chi connectivity index (χ1) is 15.0. The predicted octanol–water partition coefficient (Wildman–Crippen LogP) is 3.13. The van der Waals surface area contributed by atoms with Crippen LogP contribution in [0, 0.1) is 5.92 Å². The maximum Gasteiger partial charge on any atom is 0.243 e. The summed E-state index contributed by atoms with van der Waals surface area (Å²) in [4.78, 5) is 20.8. The van der Waals surface area contributed by atoms with Crippen molar-refractivity contribution in [2.75, 3.05) is 53.5 Å². The van der Waals surface area contributed by atoms with E-state index in [2.05, 4.69) is 53.4 Å². The van der Waals surface area contributed by atoms with Gasteiger partial charge in [0.25, 0.3) is 0 Å². The quantitative estimate of drug-likeness (QED) is 0.262. The van der Waals surface area contributed by atoms with E-state index in [-0.39, 0.29) is 42.5 Å². The van der Waals surface area contributed by atoms with Gasteiger partial charge < -0.3 is 20.3 Å². The molecule has 1 aliphatic rings. The number of hydrogen-bond donors (Lipinski definition) is 2. The molecule has 0 radical (unpaired) electrons. The Balaban J connectivity index is 0.00000512. The Bertz CT molecular complexity index is 676. The molecule has 182 valence electrons. The lowest BCUT2D eigenvalue weighted by molar-refractivity contribution is -0.127. The van der Waals surface area contributed by atoms with E-state index in [0.717, 1.165) is 45.7 Å². The number of amides is 1. The summed E-state index contributed by atoms with van der Waals surface area (Å²) in [6, 6.07) is 10.8. The van der Waals surface area contributed by atoms with Crippen LogP contribution in [0.5, 0.6) is 0 Å². The number of rotatable bonds is 10. The monoisotopic (exact) mass is 559 g/mol. The van der Waals surface area contributed by atoms with Gasteiger partial charge in [-0.2, -0.15) is 0 Å². The molecule has 32 heavy (non-hydrogen) atoms. The second-order valence-electron chi connectivity index (χ2n) is 8.40. The largest absolute Gasteiger partial charge is 0.379 e. The van der Waals surface area contributed by atoms with Crippen molar-refractivity contribution in [2.24, 2.45) is 10.9 Å². The molecular formula is C24H42IN5O2. The third-order valence-electron chi connectivity index (χ3n) is 6.11. The second-order valence-corrected chi connectivity index (χ2v) is 8.40. The first-order valence-electron chi connectivity index (χ1n) is 11.6. The number of benzene rings is 1. The van der Waals surface area contributed by atoms with Crippen molar-refractivity contribution in [3.05, 3.63) is 35.9 Å². The van der Waals surface area contributed by atoms with E-state index in [0.29, 0.717) is 17.9 Å². The molecule has 7 nitrogen and oxygen atoms in total. The maximum atomic E-state index is 12.1. The Labute approximate surface area is 211 Å². The van der Waals surface area contributed by atoms with Gasteiger partial charge in [-0.25, -0.2) is 4.99 Å². The van der Waals surface area contributed by atoms with Crippen molar-refractivity contribution in [3.63, 3.8) is 0 Å². The number of carbonyl (C=O) groups excluding carboxylic acids is 1. The normalized spacial score (nSPS) is 16.8. The average Bonchev–Trinajstić information content (AvgIpc) is 2.80. The van der Waals surface area contributed by atoms with Crippen molar-refractivity contribution >= 4 is 35.8 Å². The summed E-state index contributed by atoms with van der Waals surface area (Å²) in [6.07, 6.45) is 2.28. The van der Waals surface area contributed by atoms with Gasteiger partial charge in [0.1, 0.15) is 6.54 Å². The topological polar surface area (TPSA) is 69.2 Å². The van der Waals surface area contributed by atoms with Crippen LogP contribution in [0.15, 0.2) is 35.3 Å². The third kappa shape index (κ3) is 9.23. The van der Waals surface area contributed by atoms with E-state index in [1.165, 1.54) is 5.56 Å². The van der Waals surface area contributed by atoms with E-state index >= 15 is 0 Å². The van der Waals surface area contributed by atoms with Crippen LogP contribution in [0.25, 0.3) is 0 Å². The van der Waals surface area contributed by atoms with Crippen LogP contribution in [0.3, 0.4) is 0 Å². The second kappa shape index (κ2) is 15.4. The molecule has 8 heteroatoms. The van der Waals surface area contributed by atoms with Gasteiger partial charge >= 0.3 is 0 Å². The van der Waals surface area contributed by atoms with E-state index in [9.17, 15) is 4.79 Å². The van der Waals surface area contributed by atoms with E-state index in [1.807, 2.05) is 18.2 Å². The number of morpholine rings is 1. The molecule has 1 aromatic rings. The minimum absolute atomic E-state index is 0. The molecule has 2 N–H and O–H groups in total. The number of halogens is 1. The molecule has 2 unspecified atom stereocenters. The van der Waals surface area contributed by atoms with E-state index in [4.69, 9.17) is 4.74 Å². The van der Waals surface area contributed by atoms with Crippen LogP contribution >= 0.6 is 24.0 Å². The van der Waals surface area contributed by atoms with Crippen LogP contribution in [0.1, 0.15) is 45.2 Å². The van der Waals surface area contributed by atoms with E-state index < -0.39 is 0 Å². The summed E-state index contributed by atoms with van der Waals surface area (Å²) >= 11 is 0. The highest BCUT2D eigenvalue weighted by atomic mass is 127.